The molecule has 0 radical (unpaired) electrons. The molecule has 1 heterocycles. The predicted molar refractivity (Wildman–Crippen MR) is 72.9 cm³/mol. The second-order valence-electron chi connectivity index (χ2n) is 5.24. The first-order valence-electron chi connectivity index (χ1n) is 7.05. The molecule has 0 amide bonds. The second kappa shape index (κ2) is 8.86. The first kappa shape index (κ1) is 15.9. The van der Waals surface area contributed by atoms with Gasteiger partial charge in [-0.2, -0.15) is 0 Å². The molecule has 0 aliphatic carbocycles. The number of hydrogen-bond donors (Lipinski definition) is 1. The Morgan fingerprint density at radius 2 is 2.00 bits per heavy atom. The highest BCUT2D eigenvalue weighted by atomic mass is 16.5. The minimum Gasteiger partial charge on any atom is -0.385 e. The number of methoxy groups -OCH3 is 2. The molecular formula is C14H29NO3. The van der Waals surface area contributed by atoms with Crippen molar-refractivity contribution in [1.29, 1.82) is 0 Å². The highest BCUT2D eigenvalue weighted by Crippen LogP contribution is 2.39. The van der Waals surface area contributed by atoms with E-state index in [-0.39, 0.29) is 0 Å². The zero-order valence-electron chi connectivity index (χ0n) is 12.2. The molecule has 4 heteroatoms. The van der Waals surface area contributed by atoms with Gasteiger partial charge in [0.1, 0.15) is 0 Å². The molecule has 1 rings (SSSR count). The minimum absolute atomic E-state index is 0.307. The van der Waals surface area contributed by atoms with Crippen molar-refractivity contribution in [2.75, 3.05) is 47.1 Å². The average molecular weight is 259 g/mol. The van der Waals surface area contributed by atoms with Gasteiger partial charge in [0.2, 0.25) is 0 Å². The molecule has 0 saturated carbocycles. The van der Waals surface area contributed by atoms with Crippen molar-refractivity contribution < 1.29 is 14.2 Å². The lowest BCUT2D eigenvalue weighted by Crippen LogP contribution is -2.40. The maximum atomic E-state index is 5.78. The molecule has 1 N–H and O–H groups in total. The van der Waals surface area contributed by atoms with Crippen LogP contribution in [0.1, 0.15) is 32.6 Å². The van der Waals surface area contributed by atoms with Gasteiger partial charge in [0.25, 0.3) is 0 Å². The first-order chi connectivity index (χ1) is 8.75. The number of hydrogen-bond acceptors (Lipinski definition) is 4. The molecule has 2 unspecified atom stereocenters. The SMILES string of the molecule is COCCCCC1(CNCCOC)CCOC1C. The van der Waals surface area contributed by atoms with Gasteiger partial charge in [-0.05, 0) is 26.2 Å². The van der Waals surface area contributed by atoms with Crippen LogP contribution in [0.4, 0.5) is 0 Å². The van der Waals surface area contributed by atoms with E-state index >= 15 is 0 Å². The summed E-state index contributed by atoms with van der Waals surface area (Å²) in [5.41, 5.74) is 0.307. The Kier molecular flexibility index (Phi) is 7.82. The predicted octanol–water partition coefficient (Wildman–Crippen LogP) is 1.83. The Balaban J connectivity index is 2.33. The fourth-order valence-corrected chi connectivity index (χ4v) is 2.70. The molecule has 0 aromatic heterocycles. The van der Waals surface area contributed by atoms with Crippen LogP contribution in [0.2, 0.25) is 0 Å². The fourth-order valence-electron chi connectivity index (χ4n) is 2.70. The average Bonchev–Trinajstić information content (AvgIpc) is 2.73. The molecule has 2 atom stereocenters. The van der Waals surface area contributed by atoms with E-state index in [0.717, 1.165) is 39.3 Å². The van der Waals surface area contributed by atoms with Gasteiger partial charge in [-0.15, -0.1) is 0 Å². The van der Waals surface area contributed by atoms with Gasteiger partial charge in [0, 0.05) is 45.9 Å². The number of nitrogens with one attached hydrogen (secondary N) is 1. The number of unbranched alkanes of at least 4 members (excludes halogenated alkanes) is 1. The van der Waals surface area contributed by atoms with Crippen molar-refractivity contribution >= 4 is 0 Å². The Morgan fingerprint density at radius 3 is 2.61 bits per heavy atom. The highest BCUT2D eigenvalue weighted by molar-refractivity contribution is 4.91. The van der Waals surface area contributed by atoms with Crippen molar-refractivity contribution in [3.8, 4) is 0 Å². The molecule has 0 aromatic carbocycles. The van der Waals surface area contributed by atoms with Gasteiger partial charge >= 0.3 is 0 Å². The third-order valence-corrected chi connectivity index (χ3v) is 4.06. The zero-order chi connectivity index (χ0) is 13.3. The first-order valence-corrected chi connectivity index (χ1v) is 7.05. The van der Waals surface area contributed by atoms with E-state index in [1.54, 1.807) is 14.2 Å². The van der Waals surface area contributed by atoms with Crippen molar-refractivity contribution in [1.82, 2.24) is 5.32 Å². The molecule has 1 aliphatic rings. The summed E-state index contributed by atoms with van der Waals surface area (Å²) in [6.07, 6.45) is 5.10. The molecule has 0 bridgehead atoms. The molecule has 108 valence electrons. The summed E-state index contributed by atoms with van der Waals surface area (Å²) >= 11 is 0. The summed E-state index contributed by atoms with van der Waals surface area (Å²) in [6, 6.07) is 0. The van der Waals surface area contributed by atoms with Crippen LogP contribution in [0.25, 0.3) is 0 Å². The third-order valence-electron chi connectivity index (χ3n) is 4.06. The van der Waals surface area contributed by atoms with Crippen LogP contribution in [0, 0.1) is 5.41 Å². The summed E-state index contributed by atoms with van der Waals surface area (Å²) in [5, 5.41) is 3.50. The van der Waals surface area contributed by atoms with E-state index in [4.69, 9.17) is 14.2 Å². The van der Waals surface area contributed by atoms with Crippen LogP contribution < -0.4 is 5.32 Å². The van der Waals surface area contributed by atoms with Gasteiger partial charge < -0.3 is 19.5 Å². The Morgan fingerprint density at radius 1 is 1.22 bits per heavy atom. The molecule has 1 saturated heterocycles. The van der Waals surface area contributed by atoms with Gasteiger partial charge in [-0.1, -0.05) is 6.42 Å². The molecular weight excluding hydrogens is 230 g/mol. The highest BCUT2D eigenvalue weighted by Gasteiger charge is 2.40. The molecule has 18 heavy (non-hydrogen) atoms. The Bertz CT molecular complexity index is 199. The van der Waals surface area contributed by atoms with Crippen molar-refractivity contribution in [3.05, 3.63) is 0 Å². The summed E-state index contributed by atoms with van der Waals surface area (Å²) in [4.78, 5) is 0. The topological polar surface area (TPSA) is 39.7 Å². The smallest absolute Gasteiger partial charge is 0.0616 e. The van der Waals surface area contributed by atoms with Crippen LogP contribution >= 0.6 is 0 Å². The third kappa shape index (κ3) is 4.84. The van der Waals surface area contributed by atoms with Gasteiger partial charge in [-0.25, -0.2) is 0 Å². The number of ether oxygens (including phenoxy) is 3. The van der Waals surface area contributed by atoms with Crippen LogP contribution in [0.3, 0.4) is 0 Å². The molecule has 0 spiro atoms. The summed E-state index contributed by atoms with van der Waals surface area (Å²) in [7, 11) is 3.51. The fraction of sp³-hybridized carbons (Fsp3) is 1.00. The Hall–Kier alpha value is -0.160. The lowest BCUT2D eigenvalue weighted by Gasteiger charge is -2.32. The largest absolute Gasteiger partial charge is 0.385 e. The second-order valence-corrected chi connectivity index (χ2v) is 5.24. The van der Waals surface area contributed by atoms with E-state index in [1.165, 1.54) is 19.3 Å². The standard InChI is InChI=1S/C14H29NO3/c1-13-14(7-10-18-13,6-4-5-9-16-2)12-15-8-11-17-3/h13,15H,4-12H2,1-3H3. The molecule has 1 aliphatic heterocycles. The lowest BCUT2D eigenvalue weighted by molar-refractivity contribution is 0.0547. The summed E-state index contributed by atoms with van der Waals surface area (Å²) in [5.74, 6) is 0. The zero-order valence-corrected chi connectivity index (χ0v) is 12.2. The van der Waals surface area contributed by atoms with Crippen LogP contribution in [-0.2, 0) is 14.2 Å². The van der Waals surface area contributed by atoms with Crippen molar-refractivity contribution in [2.24, 2.45) is 5.41 Å². The summed E-state index contributed by atoms with van der Waals surface area (Å²) < 4.78 is 16.0. The van der Waals surface area contributed by atoms with Gasteiger partial charge in [0.15, 0.2) is 0 Å². The van der Waals surface area contributed by atoms with E-state index in [9.17, 15) is 0 Å². The maximum absolute atomic E-state index is 5.78. The van der Waals surface area contributed by atoms with Crippen LogP contribution in [-0.4, -0.2) is 53.2 Å². The Labute approximate surface area is 111 Å². The van der Waals surface area contributed by atoms with Crippen molar-refractivity contribution in [3.63, 3.8) is 0 Å². The molecule has 4 nitrogen and oxygen atoms in total. The number of rotatable bonds is 10. The monoisotopic (exact) mass is 259 g/mol. The minimum atomic E-state index is 0.307. The van der Waals surface area contributed by atoms with E-state index in [0.29, 0.717) is 11.5 Å². The molecule has 0 aromatic rings. The summed E-state index contributed by atoms with van der Waals surface area (Å²) in [6.45, 7) is 6.70. The normalized spacial score (nSPS) is 27.8. The van der Waals surface area contributed by atoms with Gasteiger partial charge in [0.05, 0.1) is 12.7 Å². The van der Waals surface area contributed by atoms with Crippen molar-refractivity contribution in [2.45, 2.75) is 38.7 Å². The quantitative estimate of drug-likeness (QED) is 0.608. The van der Waals surface area contributed by atoms with Gasteiger partial charge in [-0.3, -0.25) is 0 Å². The van der Waals surface area contributed by atoms with E-state index in [1.807, 2.05) is 0 Å². The molecule has 1 fully saturated rings. The van der Waals surface area contributed by atoms with E-state index < -0.39 is 0 Å². The van der Waals surface area contributed by atoms with E-state index in [2.05, 4.69) is 12.2 Å². The maximum Gasteiger partial charge on any atom is 0.0616 e. The van der Waals surface area contributed by atoms with Crippen LogP contribution in [0.5, 0.6) is 0 Å². The lowest BCUT2D eigenvalue weighted by atomic mass is 9.77. The van der Waals surface area contributed by atoms with Crippen LogP contribution in [0.15, 0.2) is 0 Å².